The summed E-state index contributed by atoms with van der Waals surface area (Å²) < 4.78 is 5.40. The zero-order valence-electron chi connectivity index (χ0n) is 14.4. The van der Waals surface area contributed by atoms with Gasteiger partial charge in [0.15, 0.2) is 0 Å². The van der Waals surface area contributed by atoms with Crippen molar-refractivity contribution in [2.75, 3.05) is 5.32 Å². The lowest BCUT2D eigenvalue weighted by molar-refractivity contribution is -0.141. The Bertz CT molecular complexity index is 864. The quantitative estimate of drug-likeness (QED) is 0.533. The SMILES string of the molecule is O=C(CC[C@H]1CC(=O)O[C@@H]1c1ccccc1)Nc1ccc(O)c(C(=O)O)c1. The zero-order valence-corrected chi connectivity index (χ0v) is 14.4. The smallest absolute Gasteiger partial charge is 0.339 e. The molecule has 3 N–H and O–H groups in total. The van der Waals surface area contributed by atoms with Crippen molar-refractivity contribution in [3.63, 3.8) is 0 Å². The number of anilines is 1. The van der Waals surface area contributed by atoms with E-state index in [9.17, 15) is 19.5 Å². The second-order valence-corrected chi connectivity index (χ2v) is 6.41. The molecule has 0 saturated carbocycles. The van der Waals surface area contributed by atoms with Crippen LogP contribution in [0, 0.1) is 5.92 Å². The van der Waals surface area contributed by atoms with Crippen molar-refractivity contribution in [2.24, 2.45) is 5.92 Å². The highest BCUT2D eigenvalue weighted by atomic mass is 16.5. The molecule has 1 heterocycles. The number of ether oxygens (including phenoxy) is 1. The molecule has 0 radical (unpaired) electrons. The highest BCUT2D eigenvalue weighted by Crippen LogP contribution is 2.38. The molecule has 0 unspecified atom stereocenters. The molecule has 3 rings (SSSR count). The van der Waals surface area contributed by atoms with Crippen LogP contribution in [-0.2, 0) is 14.3 Å². The molecule has 7 nitrogen and oxygen atoms in total. The summed E-state index contributed by atoms with van der Waals surface area (Å²) in [6.45, 7) is 0. The monoisotopic (exact) mass is 369 g/mol. The minimum Gasteiger partial charge on any atom is -0.507 e. The summed E-state index contributed by atoms with van der Waals surface area (Å²) in [5.41, 5.74) is 0.902. The van der Waals surface area contributed by atoms with Crippen LogP contribution in [0.2, 0.25) is 0 Å². The van der Waals surface area contributed by atoms with Crippen LogP contribution < -0.4 is 5.32 Å². The summed E-state index contributed by atoms with van der Waals surface area (Å²) >= 11 is 0. The molecule has 7 heteroatoms. The molecule has 2 aromatic rings. The fourth-order valence-electron chi connectivity index (χ4n) is 3.17. The highest BCUT2D eigenvalue weighted by Gasteiger charge is 2.35. The van der Waals surface area contributed by atoms with Gasteiger partial charge in [-0.1, -0.05) is 30.3 Å². The molecule has 0 aromatic heterocycles. The molecule has 1 aliphatic rings. The van der Waals surface area contributed by atoms with Gasteiger partial charge in [-0.05, 0) is 30.2 Å². The van der Waals surface area contributed by atoms with Gasteiger partial charge in [-0.3, -0.25) is 9.59 Å². The summed E-state index contributed by atoms with van der Waals surface area (Å²) in [5, 5.41) is 21.1. The Kier molecular flexibility index (Phi) is 5.40. The molecule has 0 spiro atoms. The number of carbonyl (C=O) groups is 3. The Morgan fingerprint density at radius 1 is 1.15 bits per heavy atom. The lowest BCUT2D eigenvalue weighted by atomic mass is 9.91. The van der Waals surface area contributed by atoms with E-state index in [1.165, 1.54) is 18.2 Å². The number of aromatic hydroxyl groups is 1. The molecular weight excluding hydrogens is 350 g/mol. The molecule has 1 amide bonds. The number of hydrogen-bond acceptors (Lipinski definition) is 5. The third-order valence-corrected chi connectivity index (χ3v) is 4.50. The molecule has 0 bridgehead atoms. The summed E-state index contributed by atoms with van der Waals surface area (Å²) in [5.74, 6) is -2.33. The van der Waals surface area contributed by atoms with Crippen LogP contribution in [0.15, 0.2) is 48.5 Å². The van der Waals surface area contributed by atoms with Gasteiger partial charge in [-0.15, -0.1) is 0 Å². The number of cyclic esters (lactones) is 1. The summed E-state index contributed by atoms with van der Waals surface area (Å²) in [6, 6.07) is 13.2. The first-order valence-corrected chi connectivity index (χ1v) is 8.54. The molecule has 1 aliphatic heterocycles. The number of benzene rings is 2. The number of rotatable bonds is 6. The number of nitrogens with one attached hydrogen (secondary N) is 1. The average molecular weight is 369 g/mol. The van der Waals surface area contributed by atoms with Gasteiger partial charge in [-0.2, -0.15) is 0 Å². The molecule has 0 aliphatic carbocycles. The number of carbonyl (C=O) groups excluding carboxylic acids is 2. The number of aromatic carboxylic acids is 1. The summed E-state index contributed by atoms with van der Waals surface area (Å²) in [6.07, 6.45) is 0.517. The maximum atomic E-state index is 12.2. The van der Waals surface area contributed by atoms with E-state index in [0.29, 0.717) is 6.42 Å². The zero-order chi connectivity index (χ0) is 19.4. The van der Waals surface area contributed by atoms with Gasteiger partial charge >= 0.3 is 11.9 Å². The highest BCUT2D eigenvalue weighted by molar-refractivity contribution is 5.95. The molecule has 2 aromatic carbocycles. The Morgan fingerprint density at radius 2 is 1.89 bits per heavy atom. The van der Waals surface area contributed by atoms with Gasteiger partial charge in [-0.25, -0.2) is 4.79 Å². The lowest BCUT2D eigenvalue weighted by Gasteiger charge is -2.17. The number of carboxylic acids is 1. The van der Waals surface area contributed by atoms with Crippen LogP contribution >= 0.6 is 0 Å². The van der Waals surface area contributed by atoms with E-state index in [-0.39, 0.29) is 53.7 Å². The number of phenols is 1. The largest absolute Gasteiger partial charge is 0.507 e. The van der Waals surface area contributed by atoms with Crippen molar-refractivity contribution in [3.8, 4) is 5.75 Å². The van der Waals surface area contributed by atoms with E-state index in [2.05, 4.69) is 5.32 Å². The first kappa shape index (κ1) is 18.4. The Labute approximate surface area is 155 Å². The molecule has 1 fully saturated rings. The van der Waals surface area contributed by atoms with E-state index in [1.807, 2.05) is 30.3 Å². The van der Waals surface area contributed by atoms with Crippen LogP contribution in [0.5, 0.6) is 5.75 Å². The molecule has 27 heavy (non-hydrogen) atoms. The maximum Gasteiger partial charge on any atom is 0.339 e. The lowest BCUT2D eigenvalue weighted by Crippen LogP contribution is -2.15. The second kappa shape index (κ2) is 7.90. The third-order valence-electron chi connectivity index (χ3n) is 4.50. The van der Waals surface area contributed by atoms with E-state index < -0.39 is 5.97 Å². The van der Waals surface area contributed by atoms with Crippen molar-refractivity contribution in [1.82, 2.24) is 0 Å². The molecule has 140 valence electrons. The minimum atomic E-state index is -1.28. The van der Waals surface area contributed by atoms with Crippen molar-refractivity contribution in [3.05, 3.63) is 59.7 Å². The van der Waals surface area contributed by atoms with Gasteiger partial charge < -0.3 is 20.3 Å². The minimum absolute atomic E-state index is 0.0972. The van der Waals surface area contributed by atoms with Crippen molar-refractivity contribution < 1.29 is 29.3 Å². The third kappa shape index (κ3) is 4.44. The van der Waals surface area contributed by atoms with E-state index >= 15 is 0 Å². The molecular formula is C20H19NO6. The molecule has 1 saturated heterocycles. The first-order valence-electron chi connectivity index (χ1n) is 8.54. The van der Waals surface area contributed by atoms with E-state index in [4.69, 9.17) is 9.84 Å². The van der Waals surface area contributed by atoms with Crippen LogP contribution in [-0.4, -0.2) is 28.1 Å². The maximum absolute atomic E-state index is 12.2. The first-order chi connectivity index (χ1) is 12.9. The van der Waals surface area contributed by atoms with Crippen LogP contribution in [0.4, 0.5) is 5.69 Å². The number of carboxylic acid groups (broad SMARTS) is 1. The number of amides is 1. The fraction of sp³-hybridized carbons (Fsp3) is 0.250. The van der Waals surface area contributed by atoms with E-state index in [1.54, 1.807) is 0 Å². The van der Waals surface area contributed by atoms with E-state index in [0.717, 1.165) is 5.56 Å². The number of hydrogen-bond donors (Lipinski definition) is 3. The van der Waals surface area contributed by atoms with Gasteiger partial charge in [0.25, 0.3) is 0 Å². The van der Waals surface area contributed by atoms with Gasteiger partial charge in [0.05, 0.1) is 6.42 Å². The molecule has 2 atom stereocenters. The summed E-state index contributed by atoms with van der Waals surface area (Å²) in [4.78, 5) is 35.0. The van der Waals surface area contributed by atoms with Crippen molar-refractivity contribution in [2.45, 2.75) is 25.4 Å². The van der Waals surface area contributed by atoms with Gasteiger partial charge in [0.1, 0.15) is 17.4 Å². The standard InChI is InChI=1S/C20H19NO6/c22-16-8-7-14(11-15(16)20(25)26)21-17(23)9-6-13-10-18(24)27-19(13)12-4-2-1-3-5-12/h1-5,7-8,11,13,19,22H,6,9-10H2,(H,21,23)(H,25,26)/t13-,19+/m0/s1. The van der Waals surface area contributed by atoms with Gasteiger partial charge in [0, 0.05) is 18.0 Å². The Balaban J connectivity index is 1.61. The van der Waals surface area contributed by atoms with Crippen LogP contribution in [0.3, 0.4) is 0 Å². The van der Waals surface area contributed by atoms with Crippen LogP contribution in [0.1, 0.15) is 41.3 Å². The van der Waals surface area contributed by atoms with Crippen molar-refractivity contribution in [1.29, 1.82) is 0 Å². The Hall–Kier alpha value is -3.35. The topological polar surface area (TPSA) is 113 Å². The number of esters is 1. The normalized spacial score (nSPS) is 18.7. The second-order valence-electron chi connectivity index (χ2n) is 6.41. The van der Waals surface area contributed by atoms with Gasteiger partial charge in [0.2, 0.25) is 5.91 Å². The summed E-state index contributed by atoms with van der Waals surface area (Å²) in [7, 11) is 0. The fourth-order valence-corrected chi connectivity index (χ4v) is 3.17. The van der Waals surface area contributed by atoms with Crippen LogP contribution in [0.25, 0.3) is 0 Å². The van der Waals surface area contributed by atoms with Crippen molar-refractivity contribution >= 4 is 23.5 Å². The average Bonchev–Trinajstić information content (AvgIpc) is 3.03. The predicted molar refractivity (Wildman–Crippen MR) is 96.3 cm³/mol. The Morgan fingerprint density at radius 3 is 2.59 bits per heavy atom. The predicted octanol–water partition coefficient (Wildman–Crippen LogP) is 3.11.